The van der Waals surface area contributed by atoms with Crippen LogP contribution in [0.1, 0.15) is 23.1 Å². The average Bonchev–Trinajstić information content (AvgIpc) is 2.92. The molecule has 114 valence electrons. The minimum atomic E-state index is -0.989. The van der Waals surface area contributed by atoms with Crippen LogP contribution in [0.5, 0.6) is 5.75 Å². The van der Waals surface area contributed by atoms with Crippen LogP contribution in [-0.4, -0.2) is 18.0 Å². The highest BCUT2D eigenvalue weighted by molar-refractivity contribution is 5.89. The summed E-state index contributed by atoms with van der Waals surface area (Å²) in [6.07, 6.45) is 4.74. The van der Waals surface area contributed by atoms with Crippen molar-refractivity contribution in [1.29, 1.82) is 0 Å². The number of carbonyl (C=O) groups is 1. The first-order valence-corrected chi connectivity index (χ1v) is 7.27. The predicted molar refractivity (Wildman–Crippen MR) is 83.3 cm³/mol. The highest BCUT2D eigenvalue weighted by Crippen LogP contribution is 2.39. The number of ether oxygens (including phenoxy) is 1. The van der Waals surface area contributed by atoms with Crippen LogP contribution in [0.2, 0.25) is 0 Å². The summed E-state index contributed by atoms with van der Waals surface area (Å²) in [5.74, 6) is 0.642. The maximum absolute atomic E-state index is 12.6. The molecule has 0 saturated heterocycles. The van der Waals surface area contributed by atoms with Crippen molar-refractivity contribution in [3.8, 4) is 5.75 Å². The first-order valence-electron chi connectivity index (χ1n) is 7.27. The molecule has 0 radical (unpaired) electrons. The molecule has 2 aromatic rings. The Hall–Kier alpha value is -2.40. The van der Waals surface area contributed by atoms with Crippen LogP contribution in [0.4, 0.5) is 0 Å². The molecule has 5 heteroatoms. The van der Waals surface area contributed by atoms with Gasteiger partial charge in [-0.3, -0.25) is 9.78 Å². The SMILES string of the molecule is COc1cccc2c1CCC2(N)C(=O)NCc1ccncc1. The van der Waals surface area contributed by atoms with Crippen molar-refractivity contribution in [2.45, 2.75) is 24.9 Å². The van der Waals surface area contributed by atoms with Crippen molar-refractivity contribution in [3.63, 3.8) is 0 Å². The Morgan fingerprint density at radius 1 is 1.36 bits per heavy atom. The monoisotopic (exact) mass is 297 g/mol. The molecule has 0 saturated carbocycles. The van der Waals surface area contributed by atoms with E-state index in [1.807, 2.05) is 30.3 Å². The van der Waals surface area contributed by atoms with Crippen LogP contribution in [0, 0.1) is 0 Å². The number of amides is 1. The lowest BCUT2D eigenvalue weighted by Gasteiger charge is -2.24. The van der Waals surface area contributed by atoms with Gasteiger partial charge in [-0.25, -0.2) is 0 Å². The number of nitrogens with one attached hydrogen (secondary N) is 1. The van der Waals surface area contributed by atoms with Gasteiger partial charge < -0.3 is 15.8 Å². The standard InChI is InChI=1S/C17H19N3O2/c1-22-15-4-2-3-14-13(15)5-8-17(14,18)16(21)20-11-12-6-9-19-10-7-12/h2-4,6-7,9-10H,5,8,11,18H2,1H3,(H,20,21). The summed E-state index contributed by atoms with van der Waals surface area (Å²) in [5, 5.41) is 2.93. The molecule has 0 aliphatic heterocycles. The minimum Gasteiger partial charge on any atom is -0.496 e. The van der Waals surface area contributed by atoms with Gasteiger partial charge in [0.1, 0.15) is 11.3 Å². The maximum atomic E-state index is 12.6. The van der Waals surface area contributed by atoms with E-state index in [0.717, 1.165) is 28.9 Å². The molecule has 1 aliphatic carbocycles. The Balaban J connectivity index is 1.79. The van der Waals surface area contributed by atoms with Crippen LogP contribution in [-0.2, 0) is 23.3 Å². The molecule has 1 unspecified atom stereocenters. The van der Waals surface area contributed by atoms with Crippen molar-refractivity contribution < 1.29 is 9.53 Å². The Labute approximate surface area is 129 Å². The summed E-state index contributed by atoms with van der Waals surface area (Å²) in [4.78, 5) is 16.6. The van der Waals surface area contributed by atoms with Gasteiger partial charge in [0.05, 0.1) is 7.11 Å². The Morgan fingerprint density at radius 2 is 2.14 bits per heavy atom. The van der Waals surface area contributed by atoms with Crippen molar-refractivity contribution >= 4 is 5.91 Å². The Kier molecular flexibility index (Phi) is 3.81. The predicted octanol–water partition coefficient (Wildman–Crippen LogP) is 1.51. The molecule has 5 nitrogen and oxygen atoms in total. The van der Waals surface area contributed by atoms with Crippen molar-refractivity contribution in [2.75, 3.05) is 7.11 Å². The van der Waals surface area contributed by atoms with E-state index in [2.05, 4.69) is 10.3 Å². The number of fused-ring (bicyclic) bond motifs is 1. The third-order valence-corrected chi connectivity index (χ3v) is 4.21. The third-order valence-electron chi connectivity index (χ3n) is 4.21. The van der Waals surface area contributed by atoms with E-state index >= 15 is 0 Å². The summed E-state index contributed by atoms with van der Waals surface area (Å²) in [6.45, 7) is 0.444. The van der Waals surface area contributed by atoms with Crippen LogP contribution in [0.15, 0.2) is 42.7 Å². The average molecular weight is 297 g/mol. The lowest BCUT2D eigenvalue weighted by atomic mass is 9.91. The van der Waals surface area contributed by atoms with Gasteiger partial charge in [-0.15, -0.1) is 0 Å². The quantitative estimate of drug-likeness (QED) is 0.896. The highest BCUT2D eigenvalue weighted by atomic mass is 16.5. The van der Waals surface area contributed by atoms with E-state index in [-0.39, 0.29) is 5.91 Å². The van der Waals surface area contributed by atoms with Gasteiger partial charge in [-0.05, 0) is 47.7 Å². The zero-order valence-electron chi connectivity index (χ0n) is 12.5. The van der Waals surface area contributed by atoms with Gasteiger partial charge in [-0.2, -0.15) is 0 Å². The molecular formula is C17H19N3O2. The van der Waals surface area contributed by atoms with Crippen LogP contribution in [0.25, 0.3) is 0 Å². The fourth-order valence-corrected chi connectivity index (χ4v) is 2.97. The van der Waals surface area contributed by atoms with Gasteiger partial charge in [0.25, 0.3) is 0 Å². The smallest absolute Gasteiger partial charge is 0.244 e. The number of pyridine rings is 1. The second-order valence-corrected chi connectivity index (χ2v) is 5.50. The zero-order valence-corrected chi connectivity index (χ0v) is 12.5. The molecular weight excluding hydrogens is 278 g/mol. The first-order chi connectivity index (χ1) is 10.6. The number of hydrogen-bond donors (Lipinski definition) is 2. The number of hydrogen-bond acceptors (Lipinski definition) is 4. The second-order valence-electron chi connectivity index (χ2n) is 5.50. The van der Waals surface area contributed by atoms with Crippen LogP contribution < -0.4 is 15.8 Å². The van der Waals surface area contributed by atoms with E-state index in [4.69, 9.17) is 10.5 Å². The first kappa shape index (κ1) is 14.5. The molecule has 1 aliphatic rings. The van der Waals surface area contributed by atoms with E-state index in [1.165, 1.54) is 0 Å². The highest BCUT2D eigenvalue weighted by Gasteiger charge is 2.42. The number of aromatic nitrogens is 1. The number of carbonyl (C=O) groups excluding carboxylic acids is 1. The van der Waals surface area contributed by atoms with Crippen molar-refractivity contribution in [1.82, 2.24) is 10.3 Å². The number of nitrogens with zero attached hydrogens (tertiary/aromatic N) is 1. The second kappa shape index (κ2) is 5.77. The van der Waals surface area contributed by atoms with Crippen molar-refractivity contribution in [3.05, 3.63) is 59.4 Å². The lowest BCUT2D eigenvalue weighted by Crippen LogP contribution is -2.49. The Bertz CT molecular complexity index is 688. The molecule has 3 rings (SSSR count). The molecule has 1 aromatic heterocycles. The number of methoxy groups -OCH3 is 1. The fourth-order valence-electron chi connectivity index (χ4n) is 2.97. The van der Waals surface area contributed by atoms with Gasteiger partial charge in [0.15, 0.2) is 0 Å². The lowest BCUT2D eigenvalue weighted by molar-refractivity contribution is -0.126. The summed E-state index contributed by atoms with van der Waals surface area (Å²) in [7, 11) is 1.63. The van der Waals surface area contributed by atoms with Gasteiger partial charge >= 0.3 is 0 Å². The minimum absolute atomic E-state index is 0.156. The van der Waals surface area contributed by atoms with E-state index in [1.54, 1.807) is 19.5 Å². The topological polar surface area (TPSA) is 77.2 Å². The Morgan fingerprint density at radius 3 is 2.86 bits per heavy atom. The molecule has 1 amide bonds. The molecule has 3 N–H and O–H groups in total. The van der Waals surface area contributed by atoms with Gasteiger partial charge in [0, 0.05) is 18.9 Å². The van der Waals surface area contributed by atoms with Crippen LogP contribution >= 0.6 is 0 Å². The van der Waals surface area contributed by atoms with Crippen molar-refractivity contribution in [2.24, 2.45) is 5.73 Å². The number of nitrogens with two attached hydrogens (primary N) is 1. The summed E-state index contributed by atoms with van der Waals surface area (Å²) >= 11 is 0. The molecule has 1 aromatic carbocycles. The largest absolute Gasteiger partial charge is 0.496 e. The summed E-state index contributed by atoms with van der Waals surface area (Å²) in [6, 6.07) is 9.43. The fraction of sp³-hybridized carbons (Fsp3) is 0.294. The third kappa shape index (κ3) is 2.44. The summed E-state index contributed by atoms with van der Waals surface area (Å²) in [5.41, 5.74) is 8.32. The number of benzene rings is 1. The molecule has 0 fully saturated rings. The van der Waals surface area contributed by atoms with Crippen LogP contribution in [0.3, 0.4) is 0 Å². The molecule has 1 atom stereocenters. The van der Waals surface area contributed by atoms with Gasteiger partial charge in [-0.1, -0.05) is 12.1 Å². The summed E-state index contributed by atoms with van der Waals surface area (Å²) < 4.78 is 5.37. The molecule has 0 bridgehead atoms. The van der Waals surface area contributed by atoms with Gasteiger partial charge in [0.2, 0.25) is 5.91 Å². The van der Waals surface area contributed by atoms with E-state index < -0.39 is 5.54 Å². The number of rotatable bonds is 4. The molecule has 22 heavy (non-hydrogen) atoms. The maximum Gasteiger partial charge on any atom is 0.244 e. The zero-order chi connectivity index (χ0) is 15.6. The molecule has 0 spiro atoms. The van der Waals surface area contributed by atoms with E-state index in [9.17, 15) is 4.79 Å². The molecule has 1 heterocycles. The normalized spacial score (nSPS) is 19.5. The van der Waals surface area contributed by atoms with E-state index in [0.29, 0.717) is 13.0 Å².